The quantitative estimate of drug-likeness (QED) is 0.853. The number of nitrogens with one attached hydrogen (secondary N) is 1. The second kappa shape index (κ2) is 5.32. The van der Waals surface area contributed by atoms with E-state index in [9.17, 15) is 4.79 Å². The Morgan fingerprint density at radius 1 is 1.41 bits per heavy atom. The number of benzene rings is 1. The number of carbonyl (C=O) groups is 1. The highest BCUT2D eigenvalue weighted by Crippen LogP contribution is 2.12. The third-order valence-corrected chi connectivity index (χ3v) is 3.43. The molecule has 1 amide bonds. The topological polar surface area (TPSA) is 32.3 Å². The lowest BCUT2D eigenvalue weighted by Gasteiger charge is -2.16. The summed E-state index contributed by atoms with van der Waals surface area (Å²) in [5.74, 6) is 0.242. The van der Waals surface area contributed by atoms with Crippen LogP contribution in [0.3, 0.4) is 0 Å². The van der Waals surface area contributed by atoms with Gasteiger partial charge >= 0.3 is 0 Å². The van der Waals surface area contributed by atoms with Gasteiger partial charge in [-0.3, -0.25) is 4.79 Å². The maximum atomic E-state index is 12.1. The second-order valence-corrected chi connectivity index (χ2v) is 4.78. The molecule has 1 aromatic carbocycles. The smallest absolute Gasteiger partial charge is 0.227 e. The maximum Gasteiger partial charge on any atom is 0.227 e. The van der Waals surface area contributed by atoms with Crippen LogP contribution in [0.1, 0.15) is 17.5 Å². The van der Waals surface area contributed by atoms with Crippen molar-refractivity contribution in [2.75, 3.05) is 20.1 Å². The number of aryl methyl sites for hydroxylation is 1. The van der Waals surface area contributed by atoms with Crippen molar-refractivity contribution in [3.8, 4) is 0 Å². The van der Waals surface area contributed by atoms with E-state index in [4.69, 9.17) is 0 Å². The number of amides is 1. The molecule has 1 fully saturated rings. The van der Waals surface area contributed by atoms with Crippen LogP contribution in [-0.4, -0.2) is 37.0 Å². The van der Waals surface area contributed by atoms with E-state index in [1.165, 1.54) is 5.56 Å². The fourth-order valence-corrected chi connectivity index (χ4v) is 2.21. The molecule has 0 bridgehead atoms. The summed E-state index contributed by atoms with van der Waals surface area (Å²) in [6.45, 7) is 3.79. The molecule has 0 aromatic heterocycles. The Balaban J connectivity index is 1.91. The molecule has 3 heteroatoms. The summed E-state index contributed by atoms with van der Waals surface area (Å²) < 4.78 is 0. The molecule has 0 spiro atoms. The number of hydrogen-bond acceptors (Lipinski definition) is 2. The van der Waals surface area contributed by atoms with Crippen molar-refractivity contribution in [1.82, 2.24) is 10.2 Å². The lowest BCUT2D eigenvalue weighted by atomic mass is 10.1. The predicted molar refractivity (Wildman–Crippen MR) is 68.9 cm³/mol. The van der Waals surface area contributed by atoms with Crippen LogP contribution in [-0.2, 0) is 11.2 Å². The van der Waals surface area contributed by atoms with Crippen LogP contribution >= 0.6 is 0 Å². The molecule has 17 heavy (non-hydrogen) atoms. The van der Waals surface area contributed by atoms with E-state index >= 15 is 0 Å². The lowest BCUT2D eigenvalue weighted by Crippen LogP contribution is -2.34. The fourth-order valence-electron chi connectivity index (χ4n) is 2.21. The van der Waals surface area contributed by atoms with Crippen molar-refractivity contribution >= 4 is 5.91 Å². The third kappa shape index (κ3) is 3.07. The molecule has 1 aliphatic heterocycles. The number of likely N-dealkylation sites (tertiary alicyclic amines) is 1. The number of rotatable bonds is 3. The zero-order valence-corrected chi connectivity index (χ0v) is 10.6. The first-order valence-corrected chi connectivity index (χ1v) is 6.19. The van der Waals surface area contributed by atoms with Gasteiger partial charge in [-0.15, -0.1) is 0 Å². The van der Waals surface area contributed by atoms with Crippen molar-refractivity contribution in [3.05, 3.63) is 35.4 Å². The van der Waals surface area contributed by atoms with Crippen LogP contribution in [0.15, 0.2) is 24.3 Å². The molecule has 1 aliphatic rings. The molecule has 1 heterocycles. The first-order chi connectivity index (χ1) is 8.19. The predicted octanol–water partition coefficient (Wildman–Crippen LogP) is 1.36. The average Bonchev–Trinajstić information content (AvgIpc) is 2.81. The molecule has 1 aromatic rings. The zero-order chi connectivity index (χ0) is 12.3. The zero-order valence-electron chi connectivity index (χ0n) is 10.6. The van der Waals surface area contributed by atoms with E-state index in [2.05, 4.69) is 24.4 Å². The minimum atomic E-state index is 0.242. The number of likely N-dealkylation sites (N-methyl/N-ethyl adjacent to an activating group) is 1. The Morgan fingerprint density at radius 3 is 2.71 bits per heavy atom. The minimum Gasteiger partial charge on any atom is -0.341 e. The van der Waals surface area contributed by atoms with E-state index in [1.54, 1.807) is 0 Å². The van der Waals surface area contributed by atoms with Gasteiger partial charge in [-0.25, -0.2) is 0 Å². The van der Waals surface area contributed by atoms with Crippen LogP contribution < -0.4 is 5.32 Å². The minimum absolute atomic E-state index is 0.242. The fraction of sp³-hybridized carbons (Fsp3) is 0.500. The van der Waals surface area contributed by atoms with E-state index in [0.29, 0.717) is 12.5 Å². The molecule has 2 rings (SSSR count). The monoisotopic (exact) mass is 232 g/mol. The molecule has 1 unspecified atom stereocenters. The van der Waals surface area contributed by atoms with Gasteiger partial charge in [0.2, 0.25) is 5.91 Å². The first kappa shape index (κ1) is 12.1. The maximum absolute atomic E-state index is 12.1. The van der Waals surface area contributed by atoms with E-state index in [-0.39, 0.29) is 5.91 Å². The van der Waals surface area contributed by atoms with Crippen molar-refractivity contribution in [2.24, 2.45) is 0 Å². The summed E-state index contributed by atoms with van der Waals surface area (Å²) in [7, 11) is 1.96. The highest BCUT2D eigenvalue weighted by molar-refractivity contribution is 5.79. The molecule has 1 saturated heterocycles. The summed E-state index contributed by atoms with van der Waals surface area (Å²) in [5.41, 5.74) is 2.34. The van der Waals surface area contributed by atoms with E-state index in [1.807, 2.05) is 24.1 Å². The molecular formula is C14H20N2O. The standard InChI is InChI=1S/C14H20N2O/c1-11-3-5-12(6-4-11)9-14(17)16-8-7-13(10-16)15-2/h3-6,13,15H,7-10H2,1-2H3. The summed E-state index contributed by atoms with van der Waals surface area (Å²) >= 11 is 0. The van der Waals surface area contributed by atoms with Gasteiger partial charge in [-0.2, -0.15) is 0 Å². The summed E-state index contributed by atoms with van der Waals surface area (Å²) in [5, 5.41) is 3.23. The van der Waals surface area contributed by atoms with Crippen LogP contribution in [0, 0.1) is 6.92 Å². The van der Waals surface area contributed by atoms with Gasteiger partial charge in [0.05, 0.1) is 6.42 Å². The third-order valence-electron chi connectivity index (χ3n) is 3.43. The van der Waals surface area contributed by atoms with Gasteiger partial charge in [0.25, 0.3) is 0 Å². The molecule has 0 saturated carbocycles. The average molecular weight is 232 g/mol. The molecule has 0 radical (unpaired) electrons. The van der Waals surface area contributed by atoms with Crippen LogP contribution in [0.5, 0.6) is 0 Å². The van der Waals surface area contributed by atoms with Gasteiger partial charge < -0.3 is 10.2 Å². The van der Waals surface area contributed by atoms with Crippen LogP contribution in [0.2, 0.25) is 0 Å². The van der Waals surface area contributed by atoms with Crippen LogP contribution in [0.25, 0.3) is 0 Å². The molecule has 0 aliphatic carbocycles. The van der Waals surface area contributed by atoms with Crippen molar-refractivity contribution in [3.63, 3.8) is 0 Å². The van der Waals surface area contributed by atoms with E-state index < -0.39 is 0 Å². The van der Waals surface area contributed by atoms with Crippen molar-refractivity contribution in [2.45, 2.75) is 25.8 Å². The van der Waals surface area contributed by atoms with Gasteiger partial charge in [0.1, 0.15) is 0 Å². The normalized spacial score (nSPS) is 19.6. The largest absolute Gasteiger partial charge is 0.341 e. The Kier molecular flexibility index (Phi) is 3.79. The number of hydrogen-bond donors (Lipinski definition) is 1. The van der Waals surface area contributed by atoms with Gasteiger partial charge in [-0.05, 0) is 26.0 Å². The number of nitrogens with zero attached hydrogens (tertiary/aromatic N) is 1. The molecular weight excluding hydrogens is 212 g/mol. The van der Waals surface area contributed by atoms with Gasteiger partial charge in [0.15, 0.2) is 0 Å². The number of carbonyl (C=O) groups excluding carboxylic acids is 1. The summed E-state index contributed by atoms with van der Waals surface area (Å²) in [6, 6.07) is 8.67. The SMILES string of the molecule is CNC1CCN(C(=O)Cc2ccc(C)cc2)C1. The highest BCUT2D eigenvalue weighted by Gasteiger charge is 2.24. The molecule has 92 valence electrons. The molecule has 1 N–H and O–H groups in total. The second-order valence-electron chi connectivity index (χ2n) is 4.78. The summed E-state index contributed by atoms with van der Waals surface area (Å²) in [6.07, 6.45) is 1.59. The Hall–Kier alpha value is -1.35. The molecule has 3 nitrogen and oxygen atoms in total. The van der Waals surface area contributed by atoms with E-state index in [0.717, 1.165) is 25.1 Å². The lowest BCUT2D eigenvalue weighted by molar-refractivity contribution is -0.129. The van der Waals surface area contributed by atoms with Gasteiger partial charge in [0, 0.05) is 19.1 Å². The van der Waals surface area contributed by atoms with Crippen molar-refractivity contribution < 1.29 is 4.79 Å². The van der Waals surface area contributed by atoms with Crippen molar-refractivity contribution in [1.29, 1.82) is 0 Å². The highest BCUT2D eigenvalue weighted by atomic mass is 16.2. The Bertz CT molecular complexity index is 386. The first-order valence-electron chi connectivity index (χ1n) is 6.19. The Morgan fingerprint density at radius 2 is 2.12 bits per heavy atom. The molecule has 1 atom stereocenters. The Labute approximate surface area is 103 Å². The van der Waals surface area contributed by atoms with Crippen LogP contribution in [0.4, 0.5) is 0 Å². The summed E-state index contributed by atoms with van der Waals surface area (Å²) in [4.78, 5) is 14.0. The van der Waals surface area contributed by atoms with Gasteiger partial charge in [-0.1, -0.05) is 29.8 Å².